The maximum Gasteiger partial charge on any atom is 0.0721 e. The van der Waals surface area contributed by atoms with Crippen LogP contribution in [0.3, 0.4) is 0 Å². The molecule has 16 heavy (non-hydrogen) atoms. The summed E-state index contributed by atoms with van der Waals surface area (Å²) in [6.45, 7) is 8.14. The maximum absolute atomic E-state index is 9.72. The molecule has 2 N–H and O–H groups in total. The van der Waals surface area contributed by atoms with Crippen molar-refractivity contribution in [2.24, 2.45) is 11.8 Å². The maximum atomic E-state index is 9.72. The summed E-state index contributed by atoms with van der Waals surface area (Å²) in [5, 5.41) is 19.3. The lowest BCUT2D eigenvalue weighted by atomic mass is 9.90. The minimum atomic E-state index is -0.355. The highest BCUT2D eigenvalue weighted by molar-refractivity contribution is 4.96. The summed E-state index contributed by atoms with van der Waals surface area (Å²) in [6.07, 6.45) is 7.36. The van der Waals surface area contributed by atoms with Crippen LogP contribution < -0.4 is 0 Å². The second kappa shape index (κ2) is 8.77. The van der Waals surface area contributed by atoms with E-state index >= 15 is 0 Å². The summed E-state index contributed by atoms with van der Waals surface area (Å²) in [6, 6.07) is 0. The molecular weight excluding hydrogens is 200 g/mol. The van der Waals surface area contributed by atoms with Crippen LogP contribution in [0.5, 0.6) is 0 Å². The van der Waals surface area contributed by atoms with Crippen molar-refractivity contribution in [1.29, 1.82) is 0 Å². The van der Waals surface area contributed by atoms with Crippen LogP contribution >= 0.6 is 0 Å². The molecule has 0 bridgehead atoms. The summed E-state index contributed by atoms with van der Waals surface area (Å²) in [5.74, 6) is 0.542. The molecule has 0 aromatic carbocycles. The molecule has 96 valence electrons. The van der Waals surface area contributed by atoms with E-state index in [0.717, 1.165) is 12.8 Å². The molecule has 0 aliphatic heterocycles. The van der Waals surface area contributed by atoms with Gasteiger partial charge in [0.05, 0.1) is 12.2 Å². The third kappa shape index (κ3) is 7.02. The van der Waals surface area contributed by atoms with Gasteiger partial charge in [-0.1, -0.05) is 52.2 Å². The van der Waals surface area contributed by atoms with Crippen LogP contribution in [0.1, 0.15) is 53.4 Å². The Balaban J connectivity index is 4.02. The van der Waals surface area contributed by atoms with Gasteiger partial charge in [-0.05, 0) is 19.3 Å². The van der Waals surface area contributed by atoms with Gasteiger partial charge in [-0.3, -0.25) is 0 Å². The zero-order chi connectivity index (χ0) is 12.6. The van der Waals surface area contributed by atoms with Crippen LogP contribution in [0.15, 0.2) is 12.2 Å². The predicted molar refractivity (Wildman–Crippen MR) is 69.3 cm³/mol. The van der Waals surface area contributed by atoms with E-state index in [1.807, 2.05) is 12.2 Å². The lowest BCUT2D eigenvalue weighted by molar-refractivity contribution is 0.123. The molecule has 3 atom stereocenters. The Kier molecular flexibility index (Phi) is 8.58. The van der Waals surface area contributed by atoms with Gasteiger partial charge in [0.15, 0.2) is 0 Å². The van der Waals surface area contributed by atoms with Gasteiger partial charge in [-0.25, -0.2) is 0 Å². The van der Waals surface area contributed by atoms with Crippen molar-refractivity contribution in [3.05, 3.63) is 12.2 Å². The highest BCUT2D eigenvalue weighted by Gasteiger charge is 2.15. The Morgan fingerprint density at radius 1 is 1.00 bits per heavy atom. The molecule has 0 aromatic rings. The second-order valence-corrected chi connectivity index (χ2v) is 5.01. The molecule has 0 amide bonds. The van der Waals surface area contributed by atoms with Crippen molar-refractivity contribution >= 4 is 0 Å². The standard InChI is InChI=1S/C14H28O2/c1-5-6-7-8-13(16)9-10-14(11(2)3)12(4)15/h9-16H,5-8H2,1-4H3/b10-9+. The van der Waals surface area contributed by atoms with Crippen molar-refractivity contribution in [2.75, 3.05) is 0 Å². The second-order valence-electron chi connectivity index (χ2n) is 5.01. The summed E-state index contributed by atoms with van der Waals surface area (Å²) in [7, 11) is 0. The van der Waals surface area contributed by atoms with Crippen LogP contribution in [-0.2, 0) is 0 Å². The smallest absolute Gasteiger partial charge is 0.0721 e. The van der Waals surface area contributed by atoms with Gasteiger partial charge in [0.2, 0.25) is 0 Å². The fourth-order valence-electron chi connectivity index (χ4n) is 1.90. The summed E-state index contributed by atoms with van der Waals surface area (Å²) < 4.78 is 0. The van der Waals surface area contributed by atoms with Gasteiger partial charge in [-0.15, -0.1) is 0 Å². The normalized spacial score (nSPS) is 17.9. The third-order valence-corrected chi connectivity index (χ3v) is 2.99. The van der Waals surface area contributed by atoms with Crippen molar-refractivity contribution < 1.29 is 10.2 Å². The highest BCUT2D eigenvalue weighted by atomic mass is 16.3. The Hall–Kier alpha value is -0.340. The quantitative estimate of drug-likeness (QED) is 0.495. The van der Waals surface area contributed by atoms with Gasteiger partial charge in [-0.2, -0.15) is 0 Å². The van der Waals surface area contributed by atoms with Gasteiger partial charge in [0.25, 0.3) is 0 Å². The van der Waals surface area contributed by atoms with Crippen molar-refractivity contribution in [1.82, 2.24) is 0 Å². The van der Waals surface area contributed by atoms with Crippen molar-refractivity contribution in [2.45, 2.75) is 65.6 Å². The van der Waals surface area contributed by atoms with Crippen LogP contribution in [0.2, 0.25) is 0 Å². The van der Waals surface area contributed by atoms with Crippen molar-refractivity contribution in [3.63, 3.8) is 0 Å². The molecule has 0 aliphatic rings. The number of aliphatic hydroxyl groups excluding tert-OH is 2. The number of unbranched alkanes of at least 4 members (excludes halogenated alkanes) is 2. The van der Waals surface area contributed by atoms with E-state index in [0.29, 0.717) is 5.92 Å². The van der Waals surface area contributed by atoms with Gasteiger partial charge in [0, 0.05) is 5.92 Å². The highest BCUT2D eigenvalue weighted by Crippen LogP contribution is 2.17. The lowest BCUT2D eigenvalue weighted by Gasteiger charge is -2.20. The van der Waals surface area contributed by atoms with E-state index in [4.69, 9.17) is 0 Å². The molecule has 2 nitrogen and oxygen atoms in total. The molecule has 0 rings (SSSR count). The molecule has 0 aromatic heterocycles. The summed E-state index contributed by atoms with van der Waals surface area (Å²) >= 11 is 0. The average Bonchev–Trinajstić information content (AvgIpc) is 2.17. The first-order valence-corrected chi connectivity index (χ1v) is 6.53. The predicted octanol–water partition coefficient (Wildman–Crippen LogP) is 3.14. The minimum Gasteiger partial charge on any atom is -0.393 e. The van der Waals surface area contributed by atoms with E-state index < -0.39 is 0 Å². The largest absolute Gasteiger partial charge is 0.393 e. The number of aliphatic hydroxyl groups is 2. The first-order valence-electron chi connectivity index (χ1n) is 6.53. The zero-order valence-electron chi connectivity index (χ0n) is 11.2. The minimum absolute atomic E-state index is 0.140. The monoisotopic (exact) mass is 228 g/mol. The van der Waals surface area contributed by atoms with E-state index in [1.54, 1.807) is 6.92 Å². The first-order chi connectivity index (χ1) is 7.49. The van der Waals surface area contributed by atoms with E-state index in [1.165, 1.54) is 12.8 Å². The fraction of sp³-hybridized carbons (Fsp3) is 0.857. The average molecular weight is 228 g/mol. The van der Waals surface area contributed by atoms with Crippen molar-refractivity contribution in [3.8, 4) is 0 Å². The van der Waals surface area contributed by atoms with Crippen LogP contribution in [0.25, 0.3) is 0 Å². The Morgan fingerprint density at radius 2 is 1.62 bits per heavy atom. The molecule has 0 saturated carbocycles. The fourth-order valence-corrected chi connectivity index (χ4v) is 1.90. The molecule has 0 radical (unpaired) electrons. The van der Waals surface area contributed by atoms with Crippen LogP contribution in [0, 0.1) is 11.8 Å². The molecule has 0 aliphatic carbocycles. The molecule has 0 saturated heterocycles. The lowest BCUT2D eigenvalue weighted by Crippen LogP contribution is -2.20. The molecule has 0 spiro atoms. The molecule has 3 unspecified atom stereocenters. The molecular formula is C14H28O2. The summed E-state index contributed by atoms with van der Waals surface area (Å²) in [4.78, 5) is 0. The zero-order valence-corrected chi connectivity index (χ0v) is 11.2. The van der Waals surface area contributed by atoms with Crippen LogP contribution in [0.4, 0.5) is 0 Å². The van der Waals surface area contributed by atoms with Crippen LogP contribution in [-0.4, -0.2) is 22.4 Å². The Bertz CT molecular complexity index is 177. The van der Waals surface area contributed by atoms with E-state index in [9.17, 15) is 10.2 Å². The number of rotatable bonds is 8. The molecule has 0 fully saturated rings. The molecule has 0 heterocycles. The van der Waals surface area contributed by atoms with E-state index in [-0.39, 0.29) is 18.1 Å². The third-order valence-electron chi connectivity index (χ3n) is 2.99. The Morgan fingerprint density at radius 3 is 2.06 bits per heavy atom. The number of hydrogen-bond donors (Lipinski definition) is 2. The SMILES string of the molecule is CCCCCC(O)/C=C/C(C(C)C)C(C)O. The number of hydrogen-bond acceptors (Lipinski definition) is 2. The Labute approximate surface area is 100 Å². The molecule has 2 heteroatoms. The topological polar surface area (TPSA) is 40.5 Å². The van der Waals surface area contributed by atoms with E-state index in [2.05, 4.69) is 20.8 Å². The summed E-state index contributed by atoms with van der Waals surface area (Å²) in [5.41, 5.74) is 0. The van der Waals surface area contributed by atoms with Gasteiger partial charge in [0.1, 0.15) is 0 Å². The first kappa shape index (κ1) is 15.7. The van der Waals surface area contributed by atoms with Gasteiger partial charge < -0.3 is 10.2 Å². The van der Waals surface area contributed by atoms with Gasteiger partial charge >= 0.3 is 0 Å².